The molecule has 12 rings (SSSR count). The summed E-state index contributed by atoms with van der Waals surface area (Å²) in [5.74, 6) is 0.102. The van der Waals surface area contributed by atoms with Crippen molar-refractivity contribution < 1.29 is 0 Å². The van der Waals surface area contributed by atoms with E-state index in [-0.39, 0.29) is 49.6 Å². The molecule has 3 aromatic heterocycles. The van der Waals surface area contributed by atoms with Crippen LogP contribution in [-0.4, -0.2) is 33.0 Å². The maximum Gasteiger partial charge on any atom is 0.138 e. The number of nitrogens with zero attached hydrogens (tertiary/aromatic N) is 7. The van der Waals surface area contributed by atoms with Gasteiger partial charge in [-0.15, -0.1) is 0 Å². The summed E-state index contributed by atoms with van der Waals surface area (Å²) in [7, 11) is 0. The Bertz CT molecular complexity index is 5200. The predicted octanol–water partition coefficient (Wildman–Crippen LogP) is 21.7. The molecule has 0 atom stereocenters. The van der Waals surface area contributed by atoms with Gasteiger partial charge >= 0.3 is 0 Å². The van der Waals surface area contributed by atoms with Crippen LogP contribution in [0.15, 0.2) is 163 Å². The number of hydrogen-bond acceptors (Lipinski definition) is 7. The van der Waals surface area contributed by atoms with Crippen molar-refractivity contribution in [2.75, 3.05) is 18.0 Å². The maximum absolute atomic E-state index is 10.5. The third-order valence-electron chi connectivity index (χ3n) is 20.6. The number of nitriles is 4. The quantitative estimate of drug-likeness (QED) is 0.143. The smallest absolute Gasteiger partial charge is 0.138 e. The van der Waals surface area contributed by atoms with E-state index in [1.807, 2.05) is 54.6 Å². The van der Waals surface area contributed by atoms with E-state index in [0.717, 1.165) is 126 Å². The number of H-pyrrole nitrogens is 2. The van der Waals surface area contributed by atoms with Gasteiger partial charge in [-0.1, -0.05) is 246 Å². The van der Waals surface area contributed by atoms with E-state index < -0.39 is 0 Å². The minimum atomic E-state index is -0.145. The van der Waals surface area contributed by atoms with Crippen LogP contribution < -0.4 is 15.3 Å². The highest BCUT2D eigenvalue weighted by atomic mass is 15.1. The van der Waals surface area contributed by atoms with Gasteiger partial charge in [-0.2, -0.15) is 21.0 Å². The van der Waals surface area contributed by atoms with Crippen LogP contribution in [0, 0.1) is 45.3 Å². The molecular weight excluding hydrogens is 1240 g/mol. The van der Waals surface area contributed by atoms with E-state index in [2.05, 4.69) is 279 Å². The number of allylic oxidation sites excluding steroid dienone is 2. The molecule has 0 spiro atoms. The number of nitrogens with one attached hydrogen (secondary N) is 2. The average Bonchev–Trinajstić information content (AvgIpc) is 1.52. The average molecular weight is 1340 g/mol. The van der Waals surface area contributed by atoms with Crippen molar-refractivity contribution in [1.82, 2.24) is 19.9 Å². The molecule has 6 heterocycles. The maximum atomic E-state index is 10.5. The Kier molecular flexibility index (Phi) is 18.7. The Morgan fingerprint density at radius 1 is 0.382 bits per heavy atom. The topological polar surface area (TPSA) is 156 Å². The predicted molar refractivity (Wildman–Crippen MR) is 425 cm³/mol. The molecule has 3 aliphatic rings. The lowest BCUT2D eigenvalue weighted by Gasteiger charge is -2.34. The van der Waals surface area contributed by atoms with Crippen LogP contribution in [0.25, 0.3) is 96.5 Å². The summed E-state index contributed by atoms with van der Waals surface area (Å²) < 4.78 is 0. The minimum absolute atomic E-state index is 0.000314. The van der Waals surface area contributed by atoms with Crippen LogP contribution in [0.5, 0.6) is 0 Å². The van der Waals surface area contributed by atoms with Gasteiger partial charge in [0, 0.05) is 73.9 Å². The summed E-state index contributed by atoms with van der Waals surface area (Å²) in [6, 6.07) is 64.2. The van der Waals surface area contributed by atoms with Crippen molar-refractivity contribution >= 4 is 68.8 Å². The molecule has 9 nitrogen and oxygen atoms in total. The number of rotatable bonds is 8. The Morgan fingerprint density at radius 3 is 1.11 bits per heavy atom. The second-order valence-corrected chi connectivity index (χ2v) is 34.1. The number of fused-ring (bicyclic) bond motifs is 8. The number of aromatic amines is 2. The van der Waals surface area contributed by atoms with E-state index in [1.165, 1.54) is 38.9 Å². The monoisotopic (exact) mass is 1340 g/mol. The van der Waals surface area contributed by atoms with Gasteiger partial charge in [-0.05, 0) is 184 Å². The van der Waals surface area contributed by atoms with Crippen molar-refractivity contribution in [2.45, 2.75) is 176 Å². The molecule has 8 bridgehead atoms. The molecule has 0 radical (unpaired) electrons. The van der Waals surface area contributed by atoms with Gasteiger partial charge in [0.2, 0.25) is 0 Å². The Hall–Kier alpha value is -10.8. The number of benzene rings is 6. The van der Waals surface area contributed by atoms with Crippen molar-refractivity contribution in [2.24, 2.45) is 0 Å². The standard InChI is InChI=1S/C93H95N9/c1-88(2,3)67-44-62(45-68(50-67)89(4,5)6)85-76-34-32-74(98-76)84(61-40-42-102(43-41-61)73-30-28-60(29-31-73)82(59-26-24-57(25-27-59)65(53-94)54-95)83(66(55-96)56-97)58-22-20-19-21-23-58)75-33-35-77(99-75)86(63-46-69(90(7,8)9)51-70(47-63)91(10,11)12)79-37-39-81(101-79)87(80-38-36-78(85)100-80)64-48-71(92(13,14)15)52-72(49-64)93(16,17)18/h19-39,44-52,61,98,101H,40-43H2,1-18H3. The van der Waals surface area contributed by atoms with Gasteiger partial charge in [-0.25, -0.2) is 9.97 Å². The lowest BCUT2D eigenvalue weighted by Crippen LogP contribution is -2.33. The second kappa shape index (κ2) is 26.9. The molecule has 6 aromatic carbocycles. The highest BCUT2D eigenvalue weighted by Crippen LogP contribution is 2.45. The molecule has 1 fully saturated rings. The van der Waals surface area contributed by atoms with Gasteiger partial charge in [0.25, 0.3) is 0 Å². The summed E-state index contributed by atoms with van der Waals surface area (Å²) in [6.07, 6.45) is 10.7. The zero-order valence-electron chi connectivity index (χ0n) is 62.9. The van der Waals surface area contributed by atoms with E-state index in [1.54, 1.807) is 12.1 Å². The van der Waals surface area contributed by atoms with Crippen molar-refractivity contribution in [3.05, 3.63) is 247 Å². The van der Waals surface area contributed by atoms with Gasteiger partial charge < -0.3 is 14.9 Å². The number of aromatic nitrogens is 4. The number of piperidine rings is 1. The summed E-state index contributed by atoms with van der Waals surface area (Å²) in [5.41, 5.74) is 25.6. The van der Waals surface area contributed by atoms with E-state index >= 15 is 0 Å². The molecule has 512 valence electrons. The molecule has 0 saturated carbocycles. The lowest BCUT2D eigenvalue weighted by atomic mass is 9.78. The molecular formula is C93H95N9. The fraction of sp³-hybridized carbons (Fsp3) is 0.312. The molecule has 2 N–H and O–H groups in total. The highest BCUT2D eigenvalue weighted by Gasteiger charge is 2.31. The summed E-state index contributed by atoms with van der Waals surface area (Å²) in [6.45, 7) is 43.1. The fourth-order valence-electron chi connectivity index (χ4n) is 14.3. The largest absolute Gasteiger partial charge is 0.371 e. The molecule has 9 heteroatoms. The van der Waals surface area contributed by atoms with Gasteiger partial charge in [0.15, 0.2) is 0 Å². The van der Waals surface area contributed by atoms with Crippen LogP contribution >= 0.6 is 0 Å². The molecule has 9 aromatic rings. The zero-order valence-corrected chi connectivity index (χ0v) is 62.9. The molecule has 1 saturated heterocycles. The van der Waals surface area contributed by atoms with E-state index in [0.29, 0.717) is 16.4 Å². The lowest BCUT2D eigenvalue weighted by molar-refractivity contribution is 0.506. The van der Waals surface area contributed by atoms with Crippen molar-refractivity contribution in [3.63, 3.8) is 0 Å². The van der Waals surface area contributed by atoms with Crippen molar-refractivity contribution in [3.8, 4) is 57.7 Å². The molecule has 0 aliphatic carbocycles. The summed E-state index contributed by atoms with van der Waals surface area (Å²) in [4.78, 5) is 22.5. The number of hydrogen-bond donors (Lipinski definition) is 2. The van der Waals surface area contributed by atoms with Crippen LogP contribution in [0.2, 0.25) is 0 Å². The summed E-state index contributed by atoms with van der Waals surface area (Å²) >= 11 is 0. The molecule has 0 unspecified atom stereocenters. The van der Waals surface area contributed by atoms with Crippen molar-refractivity contribution in [1.29, 1.82) is 21.0 Å². The zero-order chi connectivity index (χ0) is 73.2. The van der Waals surface area contributed by atoms with Gasteiger partial charge in [-0.3, -0.25) is 0 Å². The van der Waals surface area contributed by atoms with E-state index in [9.17, 15) is 21.0 Å². The first-order valence-corrected chi connectivity index (χ1v) is 35.9. The highest BCUT2D eigenvalue weighted by molar-refractivity contribution is 6.08. The Balaban J connectivity index is 1.10. The first-order chi connectivity index (χ1) is 48.1. The minimum Gasteiger partial charge on any atom is -0.371 e. The van der Waals surface area contributed by atoms with Gasteiger partial charge in [0.05, 0.1) is 22.8 Å². The SMILES string of the molecule is CC(C)(C)c1cc(-c2c3nc(c(-c4cc(C(C)(C)C)cc(C(C)(C)C)c4)c4ccc([nH]4)c(C4CCN(c5ccc(C(C(=C(C#N)C#N)c6ccccc6)=c6ccc(=C(C#N)C#N)cc6)cc5)CC4)c4nc(c(-c5cc(C(C)(C)C)cc(C(C)(C)C)c5)c5ccc2[nH]5)C=C4)C=C3)cc(C(C)(C)C)c1. The molecule has 0 amide bonds. The van der Waals surface area contributed by atoms with Crippen LogP contribution in [0.1, 0.15) is 216 Å². The third kappa shape index (κ3) is 14.4. The first kappa shape index (κ1) is 71.0. The second-order valence-electron chi connectivity index (χ2n) is 34.1. The summed E-state index contributed by atoms with van der Waals surface area (Å²) in [5, 5.41) is 41.7. The van der Waals surface area contributed by atoms with E-state index in [4.69, 9.17) is 9.97 Å². The molecule has 3 aliphatic heterocycles. The molecule has 102 heavy (non-hydrogen) atoms. The van der Waals surface area contributed by atoms with Crippen LogP contribution in [0.3, 0.4) is 0 Å². The number of anilines is 1. The third-order valence-corrected chi connectivity index (χ3v) is 20.6. The van der Waals surface area contributed by atoms with Crippen LogP contribution in [0.4, 0.5) is 5.69 Å². The Labute approximate surface area is 604 Å². The van der Waals surface area contributed by atoms with Gasteiger partial charge in [0.1, 0.15) is 35.4 Å². The normalized spacial score (nSPS) is 13.6. The first-order valence-electron chi connectivity index (χ1n) is 35.9. The Morgan fingerprint density at radius 2 is 0.735 bits per heavy atom. The fourth-order valence-corrected chi connectivity index (χ4v) is 14.3. The van der Waals surface area contributed by atoms with Crippen LogP contribution in [-0.2, 0) is 32.5 Å².